The van der Waals surface area contributed by atoms with Gasteiger partial charge in [0.25, 0.3) is 0 Å². The molecule has 1 N–H and O–H groups in total. The minimum atomic E-state index is -0.283. The summed E-state index contributed by atoms with van der Waals surface area (Å²) in [7, 11) is 1.83. The molecule has 0 saturated heterocycles. The molecule has 0 fully saturated rings. The van der Waals surface area contributed by atoms with Crippen LogP contribution in [-0.4, -0.2) is 17.0 Å². The number of hydrogen-bond acceptors (Lipinski definition) is 4. The normalized spacial score (nSPS) is 10.4. The monoisotopic (exact) mass is 247 g/mol. The smallest absolute Gasteiger partial charge is 0.238 e. The molecule has 94 valence electrons. The fraction of sp³-hybridized carbons (Fsp3) is 0.231. The standard InChI is InChI=1S/C13H14FN3O/c1-9-5-10(14)3-4-12(9)18-13-8-16-7-11(17-13)6-15-2/h3-5,7-8,15H,6H2,1-2H3. The maximum Gasteiger partial charge on any atom is 0.238 e. The summed E-state index contributed by atoms with van der Waals surface area (Å²) < 4.78 is 18.5. The molecule has 5 heteroatoms. The van der Waals surface area contributed by atoms with E-state index >= 15 is 0 Å². The lowest BCUT2D eigenvalue weighted by molar-refractivity contribution is 0.452. The van der Waals surface area contributed by atoms with Crippen molar-refractivity contribution < 1.29 is 9.13 Å². The van der Waals surface area contributed by atoms with Crippen LogP contribution in [0.25, 0.3) is 0 Å². The van der Waals surface area contributed by atoms with Gasteiger partial charge in [-0.25, -0.2) is 9.37 Å². The number of halogens is 1. The third kappa shape index (κ3) is 3.01. The molecule has 0 aliphatic heterocycles. The second kappa shape index (κ2) is 5.55. The first-order valence-corrected chi connectivity index (χ1v) is 5.58. The van der Waals surface area contributed by atoms with Gasteiger partial charge in [-0.1, -0.05) is 0 Å². The lowest BCUT2D eigenvalue weighted by Gasteiger charge is -2.08. The van der Waals surface area contributed by atoms with Crippen LogP contribution in [0.5, 0.6) is 11.6 Å². The van der Waals surface area contributed by atoms with Gasteiger partial charge < -0.3 is 10.1 Å². The molecule has 1 aromatic heterocycles. The number of nitrogens with one attached hydrogen (secondary N) is 1. The Balaban J connectivity index is 2.20. The third-order valence-electron chi connectivity index (χ3n) is 2.37. The molecule has 2 aromatic rings. The molecule has 0 bridgehead atoms. The summed E-state index contributed by atoms with van der Waals surface area (Å²) in [5, 5.41) is 2.99. The van der Waals surface area contributed by atoms with Crippen LogP contribution in [0.4, 0.5) is 4.39 Å². The highest BCUT2D eigenvalue weighted by Gasteiger charge is 2.05. The molecular formula is C13H14FN3O. The minimum absolute atomic E-state index is 0.283. The van der Waals surface area contributed by atoms with E-state index in [-0.39, 0.29) is 5.82 Å². The van der Waals surface area contributed by atoms with Crippen LogP contribution in [0, 0.1) is 12.7 Å². The Morgan fingerprint density at radius 1 is 1.33 bits per heavy atom. The van der Waals surface area contributed by atoms with Gasteiger partial charge in [-0.05, 0) is 37.7 Å². The molecule has 0 saturated carbocycles. The Morgan fingerprint density at radius 2 is 2.17 bits per heavy atom. The predicted octanol–water partition coefficient (Wildman–Crippen LogP) is 2.44. The maximum absolute atomic E-state index is 13.0. The van der Waals surface area contributed by atoms with E-state index in [0.29, 0.717) is 18.2 Å². The van der Waals surface area contributed by atoms with Gasteiger partial charge in [0.2, 0.25) is 5.88 Å². The highest BCUT2D eigenvalue weighted by atomic mass is 19.1. The van der Waals surface area contributed by atoms with E-state index in [2.05, 4.69) is 15.3 Å². The van der Waals surface area contributed by atoms with Crippen molar-refractivity contribution in [1.82, 2.24) is 15.3 Å². The topological polar surface area (TPSA) is 47.0 Å². The minimum Gasteiger partial charge on any atom is -0.437 e. The Bertz CT molecular complexity index is 546. The number of nitrogens with zero attached hydrogens (tertiary/aromatic N) is 2. The number of aromatic nitrogens is 2. The molecule has 0 unspecified atom stereocenters. The van der Waals surface area contributed by atoms with Crippen LogP contribution in [0.15, 0.2) is 30.6 Å². The van der Waals surface area contributed by atoms with Crippen molar-refractivity contribution in [2.24, 2.45) is 0 Å². The van der Waals surface area contributed by atoms with Gasteiger partial charge in [-0.15, -0.1) is 0 Å². The fourth-order valence-corrected chi connectivity index (χ4v) is 1.54. The van der Waals surface area contributed by atoms with Crippen molar-refractivity contribution in [2.75, 3.05) is 7.05 Å². The molecule has 1 aromatic carbocycles. The number of ether oxygens (including phenoxy) is 1. The fourth-order valence-electron chi connectivity index (χ4n) is 1.54. The highest BCUT2D eigenvalue weighted by Crippen LogP contribution is 2.23. The second-order valence-electron chi connectivity index (χ2n) is 3.89. The van der Waals surface area contributed by atoms with E-state index in [0.717, 1.165) is 11.3 Å². The molecular weight excluding hydrogens is 233 g/mol. The molecule has 4 nitrogen and oxygen atoms in total. The van der Waals surface area contributed by atoms with Gasteiger partial charge in [0, 0.05) is 12.7 Å². The SMILES string of the molecule is CNCc1cncc(Oc2ccc(F)cc2C)n1. The Kier molecular flexibility index (Phi) is 3.84. The first kappa shape index (κ1) is 12.4. The summed E-state index contributed by atoms with van der Waals surface area (Å²) in [6.07, 6.45) is 3.20. The van der Waals surface area contributed by atoms with Crippen LogP contribution >= 0.6 is 0 Å². The summed E-state index contributed by atoms with van der Waals surface area (Å²) in [5.41, 5.74) is 1.51. The van der Waals surface area contributed by atoms with Gasteiger partial charge in [0.1, 0.15) is 11.6 Å². The van der Waals surface area contributed by atoms with Crippen LogP contribution in [-0.2, 0) is 6.54 Å². The zero-order valence-corrected chi connectivity index (χ0v) is 10.3. The van der Waals surface area contributed by atoms with E-state index < -0.39 is 0 Å². The van der Waals surface area contributed by atoms with Gasteiger partial charge in [-0.2, -0.15) is 0 Å². The van der Waals surface area contributed by atoms with Gasteiger partial charge in [0.15, 0.2) is 0 Å². The summed E-state index contributed by atoms with van der Waals surface area (Å²) in [6, 6.07) is 4.35. The van der Waals surface area contributed by atoms with Gasteiger partial charge in [0.05, 0.1) is 11.9 Å². The Morgan fingerprint density at radius 3 is 2.89 bits per heavy atom. The average molecular weight is 247 g/mol. The molecule has 0 aliphatic carbocycles. The summed E-state index contributed by atoms with van der Waals surface area (Å²) in [4.78, 5) is 8.33. The van der Waals surface area contributed by atoms with Crippen molar-refractivity contribution in [2.45, 2.75) is 13.5 Å². The van der Waals surface area contributed by atoms with E-state index in [1.165, 1.54) is 18.3 Å². The van der Waals surface area contributed by atoms with Crippen molar-refractivity contribution in [1.29, 1.82) is 0 Å². The van der Waals surface area contributed by atoms with Gasteiger partial charge >= 0.3 is 0 Å². The van der Waals surface area contributed by atoms with Crippen molar-refractivity contribution in [3.8, 4) is 11.6 Å². The summed E-state index contributed by atoms with van der Waals surface area (Å²) in [5.74, 6) is 0.694. The first-order chi connectivity index (χ1) is 8.69. The first-order valence-electron chi connectivity index (χ1n) is 5.58. The third-order valence-corrected chi connectivity index (χ3v) is 2.37. The van der Waals surface area contributed by atoms with E-state index in [1.807, 2.05) is 7.05 Å². The lowest BCUT2D eigenvalue weighted by atomic mass is 10.2. The lowest BCUT2D eigenvalue weighted by Crippen LogP contribution is -2.07. The number of aryl methyl sites for hydroxylation is 1. The van der Waals surface area contributed by atoms with E-state index in [4.69, 9.17) is 4.74 Å². The summed E-state index contributed by atoms with van der Waals surface area (Å²) >= 11 is 0. The second-order valence-corrected chi connectivity index (χ2v) is 3.89. The Labute approximate surface area is 105 Å². The summed E-state index contributed by atoms with van der Waals surface area (Å²) in [6.45, 7) is 2.40. The van der Waals surface area contributed by atoms with E-state index in [9.17, 15) is 4.39 Å². The molecule has 0 aliphatic rings. The predicted molar refractivity (Wildman–Crippen MR) is 66.0 cm³/mol. The number of hydrogen-bond donors (Lipinski definition) is 1. The van der Waals surface area contributed by atoms with Crippen LogP contribution in [0.3, 0.4) is 0 Å². The molecule has 0 atom stereocenters. The average Bonchev–Trinajstić information content (AvgIpc) is 2.34. The van der Waals surface area contributed by atoms with Crippen molar-refractivity contribution in [3.05, 3.63) is 47.7 Å². The molecule has 0 spiro atoms. The Hall–Kier alpha value is -2.01. The van der Waals surface area contributed by atoms with Crippen LogP contribution < -0.4 is 10.1 Å². The zero-order chi connectivity index (χ0) is 13.0. The van der Waals surface area contributed by atoms with Crippen molar-refractivity contribution in [3.63, 3.8) is 0 Å². The highest BCUT2D eigenvalue weighted by molar-refractivity contribution is 5.35. The molecule has 0 amide bonds. The van der Waals surface area contributed by atoms with E-state index in [1.54, 1.807) is 19.2 Å². The number of benzene rings is 1. The molecule has 18 heavy (non-hydrogen) atoms. The zero-order valence-electron chi connectivity index (χ0n) is 10.3. The van der Waals surface area contributed by atoms with Crippen LogP contribution in [0.1, 0.15) is 11.3 Å². The molecule has 0 radical (unpaired) electrons. The van der Waals surface area contributed by atoms with Gasteiger partial charge in [-0.3, -0.25) is 4.98 Å². The number of rotatable bonds is 4. The quantitative estimate of drug-likeness (QED) is 0.901. The van der Waals surface area contributed by atoms with Crippen molar-refractivity contribution >= 4 is 0 Å². The largest absolute Gasteiger partial charge is 0.437 e. The molecule has 1 heterocycles. The van der Waals surface area contributed by atoms with Crippen LogP contribution in [0.2, 0.25) is 0 Å². The maximum atomic E-state index is 13.0. The molecule has 2 rings (SSSR count).